The molecule has 0 saturated heterocycles. The Hall–Kier alpha value is -0.470. The van der Waals surface area contributed by atoms with Gasteiger partial charge in [0.25, 0.3) is 0 Å². The first-order valence-electron chi connectivity index (χ1n) is 6.31. The van der Waals surface area contributed by atoms with Gasteiger partial charge in [0, 0.05) is 11.0 Å². The molecule has 0 fully saturated rings. The summed E-state index contributed by atoms with van der Waals surface area (Å²) in [4.78, 5) is 0. The highest BCUT2D eigenvalue weighted by molar-refractivity contribution is 7.99. The third kappa shape index (κ3) is 2.86. The Kier molecular flexibility index (Phi) is 3.55. The largest absolute Gasteiger partial charge is 0.388 e. The average molecular weight is 250 g/mol. The van der Waals surface area contributed by atoms with E-state index in [4.69, 9.17) is 0 Å². The van der Waals surface area contributed by atoms with Crippen LogP contribution >= 0.6 is 11.8 Å². The van der Waals surface area contributed by atoms with Crippen LogP contribution in [0.15, 0.2) is 18.2 Å². The Morgan fingerprint density at radius 2 is 2.00 bits per heavy atom. The molecule has 1 aromatic rings. The van der Waals surface area contributed by atoms with Crippen molar-refractivity contribution in [2.75, 3.05) is 0 Å². The van der Waals surface area contributed by atoms with Gasteiger partial charge in [-0.05, 0) is 28.5 Å². The van der Waals surface area contributed by atoms with Gasteiger partial charge in [0.05, 0.1) is 6.10 Å². The highest BCUT2D eigenvalue weighted by atomic mass is 32.2. The lowest BCUT2D eigenvalue weighted by Gasteiger charge is -2.22. The Labute approximate surface area is 109 Å². The zero-order valence-corrected chi connectivity index (χ0v) is 12.0. The Morgan fingerprint density at radius 1 is 1.29 bits per heavy atom. The van der Waals surface area contributed by atoms with Crippen LogP contribution in [0, 0.1) is 0 Å². The maximum Gasteiger partial charge on any atom is 0.0803 e. The van der Waals surface area contributed by atoms with E-state index in [9.17, 15) is 5.11 Å². The van der Waals surface area contributed by atoms with E-state index in [0.29, 0.717) is 5.25 Å². The van der Waals surface area contributed by atoms with E-state index in [1.165, 1.54) is 11.1 Å². The summed E-state index contributed by atoms with van der Waals surface area (Å²) in [5.41, 5.74) is 3.92. The number of aliphatic hydroxyl groups is 1. The third-order valence-corrected chi connectivity index (χ3v) is 4.69. The van der Waals surface area contributed by atoms with Crippen LogP contribution in [-0.4, -0.2) is 10.4 Å². The first-order chi connectivity index (χ1) is 7.88. The van der Waals surface area contributed by atoms with Crippen LogP contribution in [0.2, 0.25) is 0 Å². The molecule has 0 amide bonds. The van der Waals surface area contributed by atoms with Crippen molar-refractivity contribution in [3.8, 4) is 0 Å². The van der Waals surface area contributed by atoms with Gasteiger partial charge in [-0.2, -0.15) is 11.8 Å². The van der Waals surface area contributed by atoms with Gasteiger partial charge in [0.15, 0.2) is 0 Å². The van der Waals surface area contributed by atoms with Crippen molar-refractivity contribution >= 4 is 11.8 Å². The molecule has 2 rings (SSSR count). The Bertz CT molecular complexity index is 406. The molecule has 94 valence electrons. The van der Waals surface area contributed by atoms with Crippen molar-refractivity contribution in [1.29, 1.82) is 0 Å². The average Bonchev–Trinajstić information content (AvgIpc) is 2.37. The van der Waals surface area contributed by atoms with Crippen LogP contribution in [0.25, 0.3) is 0 Å². The summed E-state index contributed by atoms with van der Waals surface area (Å²) in [6.07, 6.45) is 0.572. The van der Waals surface area contributed by atoms with Crippen LogP contribution in [0.4, 0.5) is 0 Å². The van der Waals surface area contributed by atoms with Gasteiger partial charge < -0.3 is 5.11 Å². The number of fused-ring (bicyclic) bond motifs is 1. The minimum Gasteiger partial charge on any atom is -0.388 e. The van der Waals surface area contributed by atoms with E-state index in [1.54, 1.807) is 0 Å². The van der Waals surface area contributed by atoms with Gasteiger partial charge in [-0.3, -0.25) is 0 Å². The minimum atomic E-state index is -0.294. The zero-order valence-electron chi connectivity index (χ0n) is 11.2. The molecule has 1 aliphatic heterocycles. The fraction of sp³-hybridized carbons (Fsp3) is 0.600. The van der Waals surface area contributed by atoms with Gasteiger partial charge in [-0.25, -0.2) is 0 Å². The van der Waals surface area contributed by atoms with E-state index < -0.39 is 0 Å². The van der Waals surface area contributed by atoms with Crippen LogP contribution in [0.3, 0.4) is 0 Å². The number of hydrogen-bond donors (Lipinski definition) is 1. The van der Waals surface area contributed by atoms with E-state index >= 15 is 0 Å². The number of aliphatic hydroxyl groups excluding tert-OH is 1. The first-order valence-corrected chi connectivity index (χ1v) is 7.36. The molecule has 1 nitrogen and oxygen atoms in total. The van der Waals surface area contributed by atoms with Crippen molar-refractivity contribution < 1.29 is 5.11 Å². The molecule has 2 atom stereocenters. The lowest BCUT2D eigenvalue weighted by atomic mass is 9.84. The molecule has 1 heterocycles. The van der Waals surface area contributed by atoms with Gasteiger partial charge in [-0.1, -0.05) is 45.9 Å². The van der Waals surface area contributed by atoms with E-state index in [-0.39, 0.29) is 11.5 Å². The van der Waals surface area contributed by atoms with Crippen LogP contribution < -0.4 is 0 Å². The molecule has 0 aromatic heterocycles. The van der Waals surface area contributed by atoms with Crippen molar-refractivity contribution in [2.24, 2.45) is 0 Å². The summed E-state index contributed by atoms with van der Waals surface area (Å²) in [6.45, 7) is 8.85. The van der Waals surface area contributed by atoms with E-state index in [1.807, 2.05) is 11.8 Å². The molecule has 0 bridgehead atoms. The highest BCUT2D eigenvalue weighted by Crippen LogP contribution is 2.36. The van der Waals surface area contributed by atoms with E-state index in [2.05, 4.69) is 45.9 Å². The molecule has 0 spiro atoms. The van der Waals surface area contributed by atoms with E-state index in [0.717, 1.165) is 17.7 Å². The molecule has 1 N–H and O–H groups in total. The smallest absolute Gasteiger partial charge is 0.0803 e. The topological polar surface area (TPSA) is 20.2 Å². The monoisotopic (exact) mass is 250 g/mol. The summed E-state index contributed by atoms with van der Waals surface area (Å²) in [6, 6.07) is 6.62. The van der Waals surface area contributed by atoms with Crippen molar-refractivity contribution in [3.05, 3.63) is 34.9 Å². The Morgan fingerprint density at radius 3 is 2.65 bits per heavy atom. The first kappa shape index (κ1) is 13.0. The molecule has 17 heavy (non-hydrogen) atoms. The fourth-order valence-electron chi connectivity index (χ4n) is 2.24. The molecular weight excluding hydrogens is 228 g/mol. The normalized spacial score (nSPS) is 25.2. The second-order valence-corrected chi connectivity index (χ2v) is 7.46. The molecular formula is C15H22OS. The lowest BCUT2D eigenvalue weighted by Crippen LogP contribution is -2.13. The summed E-state index contributed by atoms with van der Waals surface area (Å²) in [7, 11) is 0. The second kappa shape index (κ2) is 4.66. The van der Waals surface area contributed by atoms with Gasteiger partial charge in [0.2, 0.25) is 0 Å². The second-order valence-electron chi connectivity index (χ2n) is 6.04. The Balaban J connectivity index is 2.41. The van der Waals surface area contributed by atoms with Crippen molar-refractivity contribution in [1.82, 2.24) is 0 Å². The molecule has 1 aromatic carbocycles. The number of rotatable bonds is 0. The van der Waals surface area contributed by atoms with Crippen LogP contribution in [-0.2, 0) is 11.2 Å². The molecule has 1 aliphatic rings. The summed E-state index contributed by atoms with van der Waals surface area (Å²) < 4.78 is 0. The predicted molar refractivity (Wildman–Crippen MR) is 75.5 cm³/mol. The van der Waals surface area contributed by atoms with Gasteiger partial charge >= 0.3 is 0 Å². The van der Waals surface area contributed by atoms with Crippen molar-refractivity contribution in [2.45, 2.75) is 56.6 Å². The summed E-state index contributed by atoms with van der Waals surface area (Å²) in [5.74, 6) is 1.03. The standard InChI is InChI=1S/C15H22OS/c1-10-7-14(16)13-8-12(15(2,3)4)6-5-11(13)9-17-10/h5-6,8,10,14,16H,7,9H2,1-4H3/t10?,14-/m0/s1. The molecule has 0 aliphatic carbocycles. The summed E-state index contributed by atoms with van der Waals surface area (Å²) >= 11 is 1.94. The fourth-order valence-corrected chi connectivity index (χ4v) is 3.29. The van der Waals surface area contributed by atoms with Crippen molar-refractivity contribution in [3.63, 3.8) is 0 Å². The third-order valence-electron chi connectivity index (χ3n) is 3.45. The predicted octanol–water partition coefficient (Wildman–Crippen LogP) is 4.04. The number of hydrogen-bond acceptors (Lipinski definition) is 2. The van der Waals surface area contributed by atoms with Gasteiger partial charge in [-0.15, -0.1) is 0 Å². The molecule has 0 saturated carbocycles. The van der Waals surface area contributed by atoms with Gasteiger partial charge in [0.1, 0.15) is 0 Å². The highest BCUT2D eigenvalue weighted by Gasteiger charge is 2.23. The van der Waals surface area contributed by atoms with Crippen LogP contribution in [0.1, 0.15) is 56.9 Å². The lowest BCUT2D eigenvalue weighted by molar-refractivity contribution is 0.168. The number of thioether (sulfide) groups is 1. The maximum atomic E-state index is 10.3. The molecule has 2 heteroatoms. The van der Waals surface area contributed by atoms with Crippen LogP contribution in [0.5, 0.6) is 0 Å². The molecule has 0 radical (unpaired) electrons. The quantitative estimate of drug-likeness (QED) is 0.750. The maximum absolute atomic E-state index is 10.3. The molecule has 1 unspecified atom stereocenters. The minimum absolute atomic E-state index is 0.153. The zero-order chi connectivity index (χ0) is 12.6. The number of benzene rings is 1. The summed E-state index contributed by atoms with van der Waals surface area (Å²) in [5, 5.41) is 10.8. The SMILES string of the molecule is CC1C[C@H](O)c2cc(C(C)(C)C)ccc2CS1.